The van der Waals surface area contributed by atoms with Crippen LogP contribution in [0.5, 0.6) is 5.75 Å². The first-order chi connectivity index (χ1) is 7.03. The minimum atomic E-state index is -3.36. The SMILES string of the molecule is CS(=O)(=O)Nc1ccccc1OCOO. The van der Waals surface area contributed by atoms with Crippen LogP contribution in [0.25, 0.3) is 0 Å². The molecule has 0 amide bonds. The summed E-state index contributed by atoms with van der Waals surface area (Å²) in [5, 5.41) is 8.09. The van der Waals surface area contributed by atoms with Crippen molar-refractivity contribution in [1.29, 1.82) is 0 Å². The van der Waals surface area contributed by atoms with E-state index in [0.717, 1.165) is 6.26 Å². The molecule has 2 N–H and O–H groups in total. The number of rotatable bonds is 5. The summed E-state index contributed by atoms with van der Waals surface area (Å²) in [4.78, 5) is 3.73. The molecule has 0 bridgehead atoms. The van der Waals surface area contributed by atoms with E-state index in [1.165, 1.54) is 6.07 Å². The second-order valence-corrected chi connectivity index (χ2v) is 4.51. The largest absolute Gasteiger partial charge is 0.462 e. The first kappa shape index (κ1) is 11.8. The first-order valence-corrected chi connectivity index (χ1v) is 5.88. The molecule has 0 unspecified atom stereocenters. The molecule has 1 aromatic carbocycles. The normalized spacial score (nSPS) is 11.1. The Balaban J connectivity index is 2.86. The molecule has 15 heavy (non-hydrogen) atoms. The Kier molecular flexibility index (Phi) is 3.89. The van der Waals surface area contributed by atoms with Crippen molar-refractivity contribution in [3.05, 3.63) is 24.3 Å². The average molecular weight is 233 g/mol. The molecule has 6 nitrogen and oxygen atoms in total. The molecule has 0 heterocycles. The fourth-order valence-corrected chi connectivity index (χ4v) is 1.53. The van der Waals surface area contributed by atoms with Crippen LogP contribution in [0.15, 0.2) is 24.3 Å². The molecular weight excluding hydrogens is 222 g/mol. The van der Waals surface area contributed by atoms with Crippen molar-refractivity contribution >= 4 is 15.7 Å². The van der Waals surface area contributed by atoms with Gasteiger partial charge in [0, 0.05) is 0 Å². The zero-order valence-electron chi connectivity index (χ0n) is 8.00. The molecule has 1 rings (SSSR count). The molecule has 0 aliphatic rings. The quantitative estimate of drug-likeness (QED) is 0.448. The zero-order chi connectivity index (χ0) is 11.3. The molecule has 84 valence electrons. The van der Waals surface area contributed by atoms with Crippen molar-refractivity contribution in [2.24, 2.45) is 0 Å². The van der Waals surface area contributed by atoms with Crippen LogP contribution in [0.3, 0.4) is 0 Å². The summed E-state index contributed by atoms with van der Waals surface area (Å²) in [6, 6.07) is 6.40. The molecule has 0 radical (unpaired) electrons. The van der Waals surface area contributed by atoms with Crippen molar-refractivity contribution in [3.63, 3.8) is 0 Å². The molecule has 0 saturated carbocycles. The Bertz CT molecular complexity index is 417. The Morgan fingerprint density at radius 3 is 2.67 bits per heavy atom. The van der Waals surface area contributed by atoms with Crippen LogP contribution in [-0.2, 0) is 14.9 Å². The zero-order valence-corrected chi connectivity index (χ0v) is 8.82. The first-order valence-electron chi connectivity index (χ1n) is 3.99. The van der Waals surface area contributed by atoms with Crippen molar-refractivity contribution in [1.82, 2.24) is 0 Å². The number of hydrogen-bond acceptors (Lipinski definition) is 5. The smallest absolute Gasteiger partial charge is 0.229 e. The van der Waals surface area contributed by atoms with Crippen molar-refractivity contribution in [3.8, 4) is 5.75 Å². The van der Waals surface area contributed by atoms with E-state index < -0.39 is 10.0 Å². The highest BCUT2D eigenvalue weighted by atomic mass is 32.2. The van der Waals surface area contributed by atoms with Gasteiger partial charge >= 0.3 is 0 Å². The summed E-state index contributed by atoms with van der Waals surface area (Å²) in [5.41, 5.74) is 0.289. The highest BCUT2D eigenvalue weighted by Crippen LogP contribution is 2.24. The number of benzene rings is 1. The van der Waals surface area contributed by atoms with Gasteiger partial charge in [0.1, 0.15) is 5.75 Å². The highest BCUT2D eigenvalue weighted by molar-refractivity contribution is 7.92. The standard InChI is InChI=1S/C8H11NO5S/c1-15(11,12)9-7-4-2-3-5-8(7)13-6-14-10/h2-5,9-10H,6H2,1H3. The van der Waals surface area contributed by atoms with E-state index in [-0.39, 0.29) is 18.2 Å². The number of sulfonamides is 1. The van der Waals surface area contributed by atoms with Crippen molar-refractivity contribution in [2.75, 3.05) is 17.8 Å². The van der Waals surface area contributed by atoms with Crippen LogP contribution >= 0.6 is 0 Å². The monoisotopic (exact) mass is 233 g/mol. The molecule has 0 aliphatic heterocycles. The van der Waals surface area contributed by atoms with Gasteiger partial charge in [-0.2, -0.15) is 4.89 Å². The predicted octanol–water partition coefficient (Wildman–Crippen LogP) is 0.884. The lowest BCUT2D eigenvalue weighted by Gasteiger charge is -2.10. The molecule has 1 aromatic rings. The van der Waals surface area contributed by atoms with Gasteiger partial charge in [0.25, 0.3) is 0 Å². The lowest BCUT2D eigenvalue weighted by Crippen LogP contribution is -2.11. The molecule has 0 aromatic heterocycles. The summed E-state index contributed by atoms with van der Waals surface area (Å²) >= 11 is 0. The Morgan fingerprint density at radius 1 is 1.40 bits per heavy atom. The molecule has 0 spiro atoms. The third-order valence-corrected chi connectivity index (χ3v) is 2.04. The van der Waals surface area contributed by atoms with Crippen molar-refractivity contribution < 1.29 is 23.3 Å². The lowest BCUT2D eigenvalue weighted by molar-refractivity contribution is -0.278. The summed E-state index contributed by atoms with van der Waals surface area (Å²) in [6.07, 6.45) is 1.03. The third-order valence-electron chi connectivity index (χ3n) is 1.45. The predicted molar refractivity (Wildman–Crippen MR) is 54.1 cm³/mol. The van der Waals surface area contributed by atoms with E-state index in [4.69, 9.17) is 9.99 Å². The van der Waals surface area contributed by atoms with Crippen LogP contribution in [0.1, 0.15) is 0 Å². The van der Waals surface area contributed by atoms with Gasteiger partial charge in [0.2, 0.25) is 16.8 Å². The highest BCUT2D eigenvalue weighted by Gasteiger charge is 2.07. The van der Waals surface area contributed by atoms with Gasteiger partial charge in [-0.05, 0) is 12.1 Å². The molecular formula is C8H11NO5S. The molecule has 0 aliphatic carbocycles. The van der Waals surface area contributed by atoms with Crippen LogP contribution in [0.2, 0.25) is 0 Å². The minimum Gasteiger partial charge on any atom is -0.462 e. The molecule has 0 saturated heterocycles. The average Bonchev–Trinajstić information content (AvgIpc) is 2.14. The van der Waals surface area contributed by atoms with E-state index in [2.05, 4.69) is 9.61 Å². The van der Waals surface area contributed by atoms with E-state index in [1.807, 2.05) is 0 Å². The Morgan fingerprint density at radius 2 is 2.07 bits per heavy atom. The minimum absolute atomic E-state index is 0.275. The lowest BCUT2D eigenvalue weighted by atomic mass is 10.3. The van der Waals surface area contributed by atoms with E-state index >= 15 is 0 Å². The summed E-state index contributed by atoms with van der Waals surface area (Å²) < 4.78 is 29.2. The third kappa shape index (κ3) is 4.15. The second-order valence-electron chi connectivity index (χ2n) is 2.76. The Labute approximate surface area is 87.4 Å². The molecule has 0 fully saturated rings. The topological polar surface area (TPSA) is 84.9 Å². The van der Waals surface area contributed by atoms with Crippen LogP contribution in [0.4, 0.5) is 5.69 Å². The Hall–Kier alpha value is -1.31. The van der Waals surface area contributed by atoms with E-state index in [1.54, 1.807) is 18.2 Å². The maximum absolute atomic E-state index is 11.0. The van der Waals surface area contributed by atoms with Crippen LogP contribution in [0, 0.1) is 0 Å². The summed E-state index contributed by atoms with van der Waals surface area (Å²) in [7, 11) is -3.36. The van der Waals surface area contributed by atoms with Gasteiger partial charge in [-0.25, -0.2) is 13.7 Å². The number of para-hydroxylation sites is 2. The molecule has 7 heteroatoms. The second kappa shape index (κ2) is 4.96. The number of nitrogens with one attached hydrogen (secondary N) is 1. The maximum Gasteiger partial charge on any atom is 0.229 e. The van der Waals surface area contributed by atoms with E-state index in [9.17, 15) is 8.42 Å². The van der Waals surface area contributed by atoms with Gasteiger partial charge in [0.05, 0.1) is 11.9 Å². The van der Waals surface area contributed by atoms with Gasteiger partial charge < -0.3 is 4.74 Å². The number of ether oxygens (including phenoxy) is 1. The van der Waals surface area contributed by atoms with Gasteiger partial charge in [-0.1, -0.05) is 12.1 Å². The van der Waals surface area contributed by atoms with Gasteiger partial charge in [-0.3, -0.25) is 4.72 Å². The van der Waals surface area contributed by atoms with Crippen LogP contribution < -0.4 is 9.46 Å². The fourth-order valence-electron chi connectivity index (χ4n) is 0.966. The molecule has 0 atom stereocenters. The number of anilines is 1. The van der Waals surface area contributed by atoms with Gasteiger partial charge in [0.15, 0.2) is 0 Å². The summed E-state index contributed by atoms with van der Waals surface area (Å²) in [5.74, 6) is 0.275. The van der Waals surface area contributed by atoms with Gasteiger partial charge in [-0.15, -0.1) is 0 Å². The summed E-state index contributed by atoms with van der Waals surface area (Å²) in [6.45, 7) is -0.373. The maximum atomic E-state index is 11.0. The number of hydrogen-bond donors (Lipinski definition) is 2. The van der Waals surface area contributed by atoms with Crippen LogP contribution in [-0.4, -0.2) is 26.7 Å². The fraction of sp³-hybridized carbons (Fsp3) is 0.250. The van der Waals surface area contributed by atoms with E-state index in [0.29, 0.717) is 0 Å². The van der Waals surface area contributed by atoms with Crippen molar-refractivity contribution in [2.45, 2.75) is 0 Å².